The molecule has 0 aliphatic heterocycles. The molecule has 0 radical (unpaired) electrons. The molecule has 1 unspecified atom stereocenters. The lowest BCUT2D eigenvalue weighted by Crippen LogP contribution is -2.35. The minimum absolute atomic E-state index is 0.0820. The number of nitrogens with one attached hydrogen (secondary N) is 2. The SMILES string of the molecule is CCn1cc(Br)cc1C(=O)NCCNCC(C)O. The number of aryl methyl sites for hydroxylation is 1. The van der Waals surface area contributed by atoms with Crippen LogP contribution in [0.3, 0.4) is 0 Å². The fourth-order valence-corrected chi connectivity index (χ4v) is 2.06. The van der Waals surface area contributed by atoms with E-state index in [9.17, 15) is 4.79 Å². The first kappa shape index (κ1) is 15.2. The van der Waals surface area contributed by atoms with Gasteiger partial charge in [-0.3, -0.25) is 4.79 Å². The predicted molar refractivity (Wildman–Crippen MR) is 74.7 cm³/mol. The maximum absolute atomic E-state index is 11.9. The Morgan fingerprint density at radius 3 is 2.89 bits per heavy atom. The van der Waals surface area contributed by atoms with Gasteiger partial charge in [0.25, 0.3) is 5.91 Å². The van der Waals surface area contributed by atoms with Crippen molar-refractivity contribution in [3.63, 3.8) is 0 Å². The van der Waals surface area contributed by atoms with Gasteiger partial charge in [0.2, 0.25) is 0 Å². The molecule has 0 aliphatic carbocycles. The molecule has 0 saturated heterocycles. The Balaban J connectivity index is 2.36. The Morgan fingerprint density at radius 2 is 2.28 bits per heavy atom. The van der Waals surface area contributed by atoms with Gasteiger partial charge in [0.15, 0.2) is 0 Å². The van der Waals surface area contributed by atoms with Gasteiger partial charge in [-0.1, -0.05) is 0 Å². The highest BCUT2D eigenvalue weighted by molar-refractivity contribution is 9.10. The molecule has 1 rings (SSSR count). The molecule has 3 N–H and O–H groups in total. The average molecular weight is 318 g/mol. The summed E-state index contributed by atoms with van der Waals surface area (Å²) in [6, 6.07) is 1.81. The average Bonchev–Trinajstić information content (AvgIpc) is 2.69. The van der Waals surface area contributed by atoms with Crippen LogP contribution < -0.4 is 10.6 Å². The van der Waals surface area contributed by atoms with Crippen LogP contribution in [0.4, 0.5) is 0 Å². The summed E-state index contributed by atoms with van der Waals surface area (Å²) in [6.45, 7) is 6.19. The van der Waals surface area contributed by atoms with Crippen molar-refractivity contribution < 1.29 is 9.90 Å². The number of carbonyl (C=O) groups excluding carboxylic acids is 1. The summed E-state index contributed by atoms with van der Waals surface area (Å²) in [5.74, 6) is -0.0820. The Hall–Kier alpha value is -0.850. The third-order valence-corrected chi connectivity index (χ3v) is 2.90. The number of nitrogens with zero attached hydrogens (tertiary/aromatic N) is 1. The van der Waals surface area contributed by atoms with Gasteiger partial charge >= 0.3 is 0 Å². The zero-order valence-electron chi connectivity index (χ0n) is 10.7. The van der Waals surface area contributed by atoms with E-state index in [4.69, 9.17) is 5.11 Å². The Labute approximate surface area is 116 Å². The van der Waals surface area contributed by atoms with Crippen LogP contribution in [0.5, 0.6) is 0 Å². The van der Waals surface area contributed by atoms with Crippen molar-refractivity contribution >= 4 is 21.8 Å². The van der Waals surface area contributed by atoms with Crippen LogP contribution in [0.15, 0.2) is 16.7 Å². The maximum atomic E-state index is 11.9. The van der Waals surface area contributed by atoms with Gasteiger partial charge in [-0.2, -0.15) is 0 Å². The normalized spacial score (nSPS) is 12.4. The molecule has 0 saturated carbocycles. The zero-order valence-corrected chi connectivity index (χ0v) is 12.3. The molecule has 18 heavy (non-hydrogen) atoms. The summed E-state index contributed by atoms with van der Waals surface area (Å²) < 4.78 is 2.80. The van der Waals surface area contributed by atoms with Crippen molar-refractivity contribution in [1.29, 1.82) is 0 Å². The topological polar surface area (TPSA) is 66.3 Å². The van der Waals surface area contributed by atoms with E-state index in [0.29, 0.717) is 25.3 Å². The van der Waals surface area contributed by atoms with Crippen LogP contribution in [-0.4, -0.2) is 41.3 Å². The van der Waals surface area contributed by atoms with Crippen LogP contribution in [0.2, 0.25) is 0 Å². The van der Waals surface area contributed by atoms with E-state index in [1.165, 1.54) is 0 Å². The van der Waals surface area contributed by atoms with Crippen molar-refractivity contribution in [2.75, 3.05) is 19.6 Å². The number of halogens is 1. The van der Waals surface area contributed by atoms with Gasteiger partial charge < -0.3 is 20.3 Å². The fraction of sp³-hybridized carbons (Fsp3) is 0.583. The number of amides is 1. The number of carbonyl (C=O) groups is 1. The Morgan fingerprint density at radius 1 is 1.56 bits per heavy atom. The summed E-state index contributed by atoms with van der Waals surface area (Å²) in [5.41, 5.74) is 0.653. The molecule has 1 amide bonds. The monoisotopic (exact) mass is 317 g/mol. The van der Waals surface area contributed by atoms with E-state index in [0.717, 1.165) is 11.0 Å². The lowest BCUT2D eigenvalue weighted by molar-refractivity contribution is 0.0944. The van der Waals surface area contributed by atoms with Crippen LogP contribution in [0, 0.1) is 0 Å². The van der Waals surface area contributed by atoms with Crippen molar-refractivity contribution in [3.8, 4) is 0 Å². The molecule has 102 valence electrons. The van der Waals surface area contributed by atoms with Gasteiger partial charge in [-0.15, -0.1) is 0 Å². The number of aliphatic hydroxyl groups is 1. The van der Waals surface area contributed by atoms with Gasteiger partial charge in [-0.25, -0.2) is 0 Å². The zero-order chi connectivity index (χ0) is 13.5. The number of aromatic nitrogens is 1. The maximum Gasteiger partial charge on any atom is 0.267 e. The highest BCUT2D eigenvalue weighted by atomic mass is 79.9. The van der Waals surface area contributed by atoms with Crippen molar-refractivity contribution in [2.45, 2.75) is 26.5 Å². The summed E-state index contributed by atoms with van der Waals surface area (Å²) in [5, 5.41) is 14.9. The molecule has 1 aromatic rings. The largest absolute Gasteiger partial charge is 0.392 e. The smallest absolute Gasteiger partial charge is 0.267 e. The molecule has 1 atom stereocenters. The second-order valence-corrected chi connectivity index (χ2v) is 5.05. The second kappa shape index (κ2) is 7.56. The minimum Gasteiger partial charge on any atom is -0.392 e. The van der Waals surface area contributed by atoms with E-state index in [-0.39, 0.29) is 12.0 Å². The van der Waals surface area contributed by atoms with E-state index in [1.807, 2.05) is 23.8 Å². The standard InChI is InChI=1S/C12H20BrN3O2/c1-3-16-8-10(13)6-11(16)12(18)15-5-4-14-7-9(2)17/h6,8-9,14,17H,3-5,7H2,1-2H3,(H,15,18). The van der Waals surface area contributed by atoms with Crippen molar-refractivity contribution in [1.82, 2.24) is 15.2 Å². The first-order chi connectivity index (χ1) is 8.54. The summed E-state index contributed by atoms with van der Waals surface area (Å²) in [4.78, 5) is 11.9. The van der Waals surface area contributed by atoms with Gasteiger partial charge in [0, 0.05) is 36.8 Å². The summed E-state index contributed by atoms with van der Waals surface area (Å²) in [6.07, 6.45) is 1.52. The molecule has 0 spiro atoms. The first-order valence-electron chi connectivity index (χ1n) is 6.07. The Kier molecular flexibility index (Phi) is 6.38. The molecule has 1 heterocycles. The molecular formula is C12H20BrN3O2. The second-order valence-electron chi connectivity index (χ2n) is 4.14. The molecule has 0 aliphatic rings. The molecule has 5 nitrogen and oxygen atoms in total. The van der Waals surface area contributed by atoms with Gasteiger partial charge in [-0.05, 0) is 35.8 Å². The van der Waals surface area contributed by atoms with Gasteiger partial charge in [0.1, 0.15) is 5.69 Å². The minimum atomic E-state index is -0.367. The molecular weight excluding hydrogens is 298 g/mol. The first-order valence-corrected chi connectivity index (χ1v) is 6.86. The lowest BCUT2D eigenvalue weighted by atomic mass is 10.4. The lowest BCUT2D eigenvalue weighted by Gasteiger charge is -2.09. The third-order valence-electron chi connectivity index (χ3n) is 2.46. The van der Waals surface area contributed by atoms with Crippen LogP contribution in [0.1, 0.15) is 24.3 Å². The molecule has 0 fully saturated rings. The van der Waals surface area contributed by atoms with Crippen LogP contribution in [-0.2, 0) is 6.54 Å². The molecule has 0 aromatic carbocycles. The fourth-order valence-electron chi connectivity index (χ4n) is 1.59. The van der Waals surface area contributed by atoms with Gasteiger partial charge in [0.05, 0.1) is 6.10 Å². The summed E-state index contributed by atoms with van der Waals surface area (Å²) >= 11 is 3.36. The van der Waals surface area contributed by atoms with Crippen molar-refractivity contribution in [2.24, 2.45) is 0 Å². The third kappa shape index (κ3) is 4.80. The van der Waals surface area contributed by atoms with E-state index >= 15 is 0 Å². The number of hydrogen-bond donors (Lipinski definition) is 3. The van der Waals surface area contributed by atoms with Crippen molar-refractivity contribution in [3.05, 3.63) is 22.4 Å². The molecule has 6 heteroatoms. The van der Waals surface area contributed by atoms with Crippen LogP contribution >= 0.6 is 15.9 Å². The molecule has 0 bridgehead atoms. The predicted octanol–water partition coefficient (Wildman–Crippen LogP) is 0.971. The highest BCUT2D eigenvalue weighted by Crippen LogP contribution is 2.14. The Bertz CT molecular complexity index is 391. The highest BCUT2D eigenvalue weighted by Gasteiger charge is 2.11. The van der Waals surface area contributed by atoms with E-state index < -0.39 is 0 Å². The number of hydrogen-bond acceptors (Lipinski definition) is 3. The quantitative estimate of drug-likeness (QED) is 0.657. The number of aliphatic hydroxyl groups excluding tert-OH is 1. The van der Waals surface area contributed by atoms with Crippen LogP contribution in [0.25, 0.3) is 0 Å². The van der Waals surface area contributed by atoms with E-state index in [2.05, 4.69) is 26.6 Å². The summed E-state index contributed by atoms with van der Waals surface area (Å²) in [7, 11) is 0. The molecule has 1 aromatic heterocycles. The number of rotatable bonds is 7. The van der Waals surface area contributed by atoms with E-state index in [1.54, 1.807) is 6.92 Å².